The molecule has 9 nitrogen and oxygen atoms in total. The molecule has 0 aliphatic carbocycles. The number of piperidine rings is 2. The van der Waals surface area contributed by atoms with E-state index in [2.05, 4.69) is 15.2 Å². The van der Waals surface area contributed by atoms with Gasteiger partial charge < -0.3 is 30.3 Å². The molecule has 1 atom stereocenters. The molecule has 33 heavy (non-hydrogen) atoms. The minimum atomic E-state index is -0.247. The number of nitrogen functional groups attached to an aromatic ring is 1. The first-order chi connectivity index (χ1) is 15.9. The zero-order valence-corrected chi connectivity index (χ0v) is 20.0. The topological polar surface area (TPSA) is 110 Å². The number of halogens is 1. The molecular weight excluding hydrogens is 446 g/mol. The number of hydrogen-bond acceptors (Lipinski definition) is 7. The van der Waals surface area contributed by atoms with Crippen LogP contribution in [0.1, 0.15) is 48.9 Å². The average Bonchev–Trinajstić information content (AvgIpc) is 3.37. The van der Waals surface area contributed by atoms with Gasteiger partial charge in [0.05, 0.1) is 12.1 Å². The van der Waals surface area contributed by atoms with E-state index in [1.807, 2.05) is 4.90 Å². The van der Waals surface area contributed by atoms with Gasteiger partial charge >= 0.3 is 0 Å². The van der Waals surface area contributed by atoms with Crippen molar-refractivity contribution in [3.05, 3.63) is 16.7 Å². The Balaban J connectivity index is 1.19. The fraction of sp³-hybridized carbons (Fsp3) is 0.696. The number of nitrogens with two attached hydrogens (primary N) is 1. The third kappa shape index (κ3) is 5.88. The number of rotatable bonds is 6. The van der Waals surface area contributed by atoms with E-state index < -0.39 is 0 Å². The molecule has 1 aromatic rings. The third-order valence-electron chi connectivity index (χ3n) is 6.98. The summed E-state index contributed by atoms with van der Waals surface area (Å²) >= 11 is 6.04. The molecule has 4 heterocycles. The quantitative estimate of drug-likeness (QED) is 0.641. The number of anilines is 1. The van der Waals surface area contributed by atoms with Crippen molar-refractivity contribution >= 4 is 29.2 Å². The zero-order chi connectivity index (χ0) is 23.4. The van der Waals surface area contributed by atoms with Crippen molar-refractivity contribution in [3.63, 3.8) is 0 Å². The summed E-state index contributed by atoms with van der Waals surface area (Å²) in [5.41, 5.74) is 6.00. The average molecular weight is 480 g/mol. The van der Waals surface area contributed by atoms with E-state index in [1.54, 1.807) is 0 Å². The molecule has 0 saturated carbocycles. The van der Waals surface area contributed by atoms with Gasteiger partial charge in [0.2, 0.25) is 5.88 Å². The summed E-state index contributed by atoms with van der Waals surface area (Å²) in [5, 5.41) is 3.32. The number of hydrogen-bond donors (Lipinski definition) is 2. The van der Waals surface area contributed by atoms with Crippen molar-refractivity contribution in [1.29, 1.82) is 0 Å². The summed E-state index contributed by atoms with van der Waals surface area (Å²) in [6, 6.07) is 1.60. The molecule has 3 aliphatic heterocycles. The monoisotopic (exact) mass is 479 g/mol. The summed E-state index contributed by atoms with van der Waals surface area (Å²) in [7, 11) is 1.45. The highest BCUT2D eigenvalue weighted by atomic mass is 35.5. The van der Waals surface area contributed by atoms with Crippen LogP contribution in [0.4, 0.5) is 5.82 Å². The Morgan fingerprint density at radius 2 is 1.94 bits per heavy atom. The normalized spacial score (nSPS) is 23.0. The van der Waals surface area contributed by atoms with Gasteiger partial charge in [-0.15, -0.1) is 0 Å². The molecule has 2 amide bonds. The molecule has 3 N–H and O–H groups in total. The smallest absolute Gasteiger partial charge is 0.257 e. The van der Waals surface area contributed by atoms with Crippen LogP contribution in [0.5, 0.6) is 5.88 Å². The van der Waals surface area contributed by atoms with E-state index in [0.29, 0.717) is 18.1 Å². The SMILES string of the molecule is COc1nc(N)c(Cl)cc1C(=O)NC1CCN(CC2CCN(C(=O)C3CCCO3)CC2)CC1. The van der Waals surface area contributed by atoms with Gasteiger partial charge in [-0.3, -0.25) is 9.59 Å². The van der Waals surface area contributed by atoms with Crippen LogP contribution in [-0.2, 0) is 9.53 Å². The van der Waals surface area contributed by atoms with Crippen LogP contribution < -0.4 is 15.8 Å². The molecule has 3 saturated heterocycles. The summed E-state index contributed by atoms with van der Waals surface area (Å²) < 4.78 is 10.7. The minimum Gasteiger partial charge on any atom is -0.480 e. The fourth-order valence-corrected chi connectivity index (χ4v) is 5.16. The second kappa shape index (κ2) is 10.9. The highest BCUT2D eigenvalue weighted by Crippen LogP contribution is 2.26. The van der Waals surface area contributed by atoms with Crippen LogP contribution in [0, 0.1) is 5.92 Å². The Morgan fingerprint density at radius 1 is 1.21 bits per heavy atom. The van der Waals surface area contributed by atoms with E-state index in [1.165, 1.54) is 13.2 Å². The van der Waals surface area contributed by atoms with Gasteiger partial charge in [0, 0.05) is 45.4 Å². The number of likely N-dealkylation sites (tertiary alicyclic amines) is 2. The lowest BCUT2D eigenvalue weighted by Crippen LogP contribution is -2.48. The predicted octanol–water partition coefficient (Wildman–Crippen LogP) is 1.94. The number of aromatic nitrogens is 1. The molecule has 1 aromatic heterocycles. The van der Waals surface area contributed by atoms with Gasteiger partial charge in [0.1, 0.15) is 17.5 Å². The van der Waals surface area contributed by atoms with Gasteiger partial charge in [-0.2, -0.15) is 4.98 Å². The lowest BCUT2D eigenvalue weighted by Gasteiger charge is -2.38. The number of nitrogens with zero attached hydrogens (tertiary/aromatic N) is 3. The lowest BCUT2D eigenvalue weighted by atomic mass is 9.94. The van der Waals surface area contributed by atoms with E-state index >= 15 is 0 Å². The molecule has 182 valence electrons. The van der Waals surface area contributed by atoms with Gasteiger partial charge in [0.25, 0.3) is 11.8 Å². The van der Waals surface area contributed by atoms with Crippen molar-refractivity contribution in [2.45, 2.75) is 50.7 Å². The lowest BCUT2D eigenvalue weighted by molar-refractivity contribution is -0.142. The molecular formula is C23H34ClN5O4. The zero-order valence-electron chi connectivity index (χ0n) is 19.2. The molecule has 10 heteroatoms. The number of nitrogens with one attached hydrogen (secondary N) is 1. The maximum absolute atomic E-state index is 12.8. The Hall–Kier alpha value is -2.10. The highest BCUT2D eigenvalue weighted by molar-refractivity contribution is 6.33. The maximum atomic E-state index is 12.8. The molecule has 3 fully saturated rings. The molecule has 1 unspecified atom stereocenters. The summed E-state index contributed by atoms with van der Waals surface area (Å²) in [4.78, 5) is 33.8. The molecule has 0 bridgehead atoms. The molecule has 0 radical (unpaired) electrons. The van der Waals surface area contributed by atoms with Crippen LogP contribution in [0.2, 0.25) is 5.02 Å². The van der Waals surface area contributed by atoms with Crippen molar-refractivity contribution in [1.82, 2.24) is 20.1 Å². The first kappa shape index (κ1) is 24.0. The predicted molar refractivity (Wildman–Crippen MR) is 125 cm³/mol. The van der Waals surface area contributed by atoms with Crippen LogP contribution in [0.15, 0.2) is 6.07 Å². The fourth-order valence-electron chi connectivity index (χ4n) is 5.00. The van der Waals surface area contributed by atoms with Gasteiger partial charge in [-0.1, -0.05) is 11.6 Å². The van der Waals surface area contributed by atoms with E-state index in [0.717, 1.165) is 71.2 Å². The number of pyridine rings is 1. The number of methoxy groups -OCH3 is 1. The second-order valence-corrected chi connectivity index (χ2v) is 9.64. The van der Waals surface area contributed by atoms with Crippen molar-refractivity contribution in [3.8, 4) is 5.88 Å². The third-order valence-corrected chi connectivity index (χ3v) is 7.28. The van der Waals surface area contributed by atoms with Gasteiger partial charge in [0.15, 0.2) is 0 Å². The van der Waals surface area contributed by atoms with Gasteiger partial charge in [-0.25, -0.2) is 0 Å². The summed E-state index contributed by atoms with van der Waals surface area (Å²) in [5.74, 6) is 0.855. The molecule has 4 rings (SSSR count). The number of carbonyl (C=O) groups is 2. The minimum absolute atomic E-state index is 0.0978. The number of carbonyl (C=O) groups excluding carboxylic acids is 2. The molecule has 3 aliphatic rings. The van der Waals surface area contributed by atoms with E-state index in [-0.39, 0.29) is 40.7 Å². The van der Waals surface area contributed by atoms with Crippen molar-refractivity contribution < 1.29 is 19.1 Å². The van der Waals surface area contributed by atoms with E-state index in [4.69, 9.17) is 26.8 Å². The Bertz CT molecular complexity index is 847. The Morgan fingerprint density at radius 3 is 2.58 bits per heavy atom. The van der Waals surface area contributed by atoms with Crippen LogP contribution >= 0.6 is 11.6 Å². The first-order valence-electron chi connectivity index (χ1n) is 11.9. The van der Waals surface area contributed by atoms with Crippen LogP contribution in [-0.4, -0.2) is 85.2 Å². The van der Waals surface area contributed by atoms with E-state index in [9.17, 15) is 9.59 Å². The molecule has 0 spiro atoms. The second-order valence-electron chi connectivity index (χ2n) is 9.23. The summed E-state index contributed by atoms with van der Waals surface area (Å²) in [6.45, 7) is 5.30. The Kier molecular flexibility index (Phi) is 7.93. The summed E-state index contributed by atoms with van der Waals surface area (Å²) in [6.07, 6.45) is 5.50. The van der Waals surface area contributed by atoms with Crippen LogP contribution in [0.3, 0.4) is 0 Å². The maximum Gasteiger partial charge on any atom is 0.257 e. The molecule has 0 aromatic carbocycles. The van der Waals surface area contributed by atoms with Gasteiger partial charge in [-0.05, 0) is 50.5 Å². The van der Waals surface area contributed by atoms with Crippen molar-refractivity contribution in [2.24, 2.45) is 5.92 Å². The number of amides is 2. The highest BCUT2D eigenvalue weighted by Gasteiger charge is 2.32. The standard InChI is InChI=1S/C23H34ClN5O4/c1-32-22-17(13-18(24)20(25)27-22)21(30)26-16-6-8-28(9-7-16)14-15-4-10-29(11-5-15)23(31)19-3-2-12-33-19/h13,15-16,19H,2-12,14H2,1H3,(H2,25,27)(H,26,30). The number of ether oxygens (including phenoxy) is 2. The Labute approximate surface area is 199 Å². The first-order valence-corrected chi connectivity index (χ1v) is 12.3. The van der Waals surface area contributed by atoms with Crippen molar-refractivity contribution in [2.75, 3.05) is 52.2 Å². The van der Waals surface area contributed by atoms with Crippen LogP contribution in [0.25, 0.3) is 0 Å². The largest absolute Gasteiger partial charge is 0.480 e.